The Bertz CT molecular complexity index is 1090. The number of hydrogen-bond acceptors (Lipinski definition) is 7. The number of nitrogens with one attached hydrogen (secondary N) is 1. The Morgan fingerprint density at radius 2 is 1.76 bits per heavy atom. The zero-order valence-electron chi connectivity index (χ0n) is 19.4. The second kappa shape index (κ2) is 10.7. The van der Waals surface area contributed by atoms with Crippen molar-refractivity contribution >= 4 is 21.6 Å². The highest BCUT2D eigenvalue weighted by Gasteiger charge is 2.26. The van der Waals surface area contributed by atoms with E-state index in [1.165, 1.54) is 12.1 Å². The van der Waals surface area contributed by atoms with E-state index in [4.69, 9.17) is 14.6 Å². The molecule has 0 aromatic heterocycles. The number of rotatable bonds is 8. The molecule has 2 saturated heterocycles. The molecule has 0 radical (unpaired) electrons. The highest BCUT2D eigenvalue weighted by molar-refractivity contribution is 7.89. The normalized spacial score (nSPS) is 18.0. The smallest absolute Gasteiger partial charge is 0.253 e. The Labute approximate surface area is 200 Å². The Kier molecular flexibility index (Phi) is 7.72. The molecule has 2 aromatic rings. The fraction of sp³-hybridized carbons (Fsp3) is 0.458. The SMILES string of the molecule is COc1ccc([C@@H](CNC(=O)c2cc(S(N)(=O)=O)ccc2N2CCOCC2)N2CCCC2)cc1. The molecule has 184 valence electrons. The Morgan fingerprint density at radius 1 is 1.09 bits per heavy atom. The van der Waals surface area contributed by atoms with E-state index < -0.39 is 10.0 Å². The number of ether oxygens (including phenoxy) is 2. The van der Waals surface area contributed by atoms with E-state index in [0.717, 1.165) is 37.2 Å². The molecule has 2 fully saturated rings. The first-order valence-electron chi connectivity index (χ1n) is 11.5. The van der Waals surface area contributed by atoms with Crippen molar-refractivity contribution in [3.05, 3.63) is 53.6 Å². The zero-order chi connectivity index (χ0) is 24.1. The predicted molar refractivity (Wildman–Crippen MR) is 130 cm³/mol. The van der Waals surface area contributed by atoms with Gasteiger partial charge in [0.25, 0.3) is 5.91 Å². The van der Waals surface area contributed by atoms with E-state index in [1.807, 2.05) is 29.2 Å². The van der Waals surface area contributed by atoms with Crippen LogP contribution in [0.4, 0.5) is 5.69 Å². The molecule has 9 nitrogen and oxygen atoms in total. The second-order valence-corrected chi connectivity index (χ2v) is 10.1. The highest BCUT2D eigenvalue weighted by Crippen LogP contribution is 2.28. The topological polar surface area (TPSA) is 114 Å². The molecule has 3 N–H and O–H groups in total. The molecule has 0 unspecified atom stereocenters. The van der Waals surface area contributed by atoms with E-state index in [9.17, 15) is 13.2 Å². The number of likely N-dealkylation sites (tertiary alicyclic amines) is 1. The van der Waals surface area contributed by atoms with Gasteiger partial charge in [0, 0.05) is 25.3 Å². The molecule has 0 bridgehead atoms. The molecular formula is C24H32N4O5S. The van der Waals surface area contributed by atoms with Gasteiger partial charge in [-0.15, -0.1) is 0 Å². The maximum absolute atomic E-state index is 13.4. The van der Waals surface area contributed by atoms with Gasteiger partial charge in [0.1, 0.15) is 5.75 Å². The van der Waals surface area contributed by atoms with E-state index >= 15 is 0 Å². The highest BCUT2D eigenvalue weighted by atomic mass is 32.2. The predicted octanol–water partition coefficient (Wildman–Crippen LogP) is 1.75. The summed E-state index contributed by atoms with van der Waals surface area (Å²) in [6, 6.07) is 12.4. The van der Waals surface area contributed by atoms with Gasteiger partial charge in [-0.05, 0) is 61.8 Å². The molecule has 2 aliphatic rings. The van der Waals surface area contributed by atoms with Crippen LogP contribution in [0.25, 0.3) is 0 Å². The first-order valence-corrected chi connectivity index (χ1v) is 13.1. The van der Waals surface area contributed by atoms with E-state index in [1.54, 1.807) is 13.2 Å². The number of methoxy groups -OCH3 is 1. The summed E-state index contributed by atoms with van der Waals surface area (Å²) in [6.07, 6.45) is 2.25. The number of nitrogens with zero attached hydrogens (tertiary/aromatic N) is 2. The molecule has 1 atom stereocenters. The minimum Gasteiger partial charge on any atom is -0.497 e. The molecule has 2 aromatic carbocycles. The summed E-state index contributed by atoms with van der Waals surface area (Å²) in [5, 5.41) is 8.40. The standard InChI is InChI=1S/C24H32N4O5S/c1-32-19-6-4-18(5-7-19)23(27-10-2-3-11-27)17-26-24(29)21-16-20(34(25,30)31)8-9-22(21)28-12-14-33-15-13-28/h4-9,16,23H,2-3,10-15,17H2,1H3,(H,26,29)(H2,25,30,31)/t23-/m1/s1. The number of primary sulfonamides is 1. The average Bonchev–Trinajstić information content (AvgIpc) is 3.39. The van der Waals surface area contributed by atoms with Crippen LogP contribution in [0.15, 0.2) is 47.4 Å². The summed E-state index contributed by atoms with van der Waals surface area (Å²) in [7, 11) is -2.31. The lowest BCUT2D eigenvalue weighted by Crippen LogP contribution is -2.39. The van der Waals surface area contributed by atoms with Gasteiger partial charge >= 0.3 is 0 Å². The maximum atomic E-state index is 13.4. The molecule has 4 rings (SSSR count). The third kappa shape index (κ3) is 5.69. The van der Waals surface area contributed by atoms with Gasteiger partial charge in [-0.1, -0.05) is 12.1 Å². The van der Waals surface area contributed by atoms with Crippen molar-refractivity contribution in [2.24, 2.45) is 5.14 Å². The molecule has 1 amide bonds. The minimum atomic E-state index is -3.94. The van der Waals surface area contributed by atoms with Crippen LogP contribution in [0.3, 0.4) is 0 Å². The summed E-state index contributed by atoms with van der Waals surface area (Å²) in [4.78, 5) is 17.7. The first kappa shape index (κ1) is 24.5. The second-order valence-electron chi connectivity index (χ2n) is 8.57. The van der Waals surface area contributed by atoms with E-state index in [0.29, 0.717) is 44.1 Å². The number of morpholine rings is 1. The Morgan fingerprint density at radius 3 is 2.38 bits per heavy atom. The minimum absolute atomic E-state index is 0.00520. The van der Waals surface area contributed by atoms with E-state index in [-0.39, 0.29) is 16.8 Å². The van der Waals surface area contributed by atoms with Gasteiger partial charge in [0.2, 0.25) is 10.0 Å². The number of anilines is 1. The van der Waals surface area contributed by atoms with Crippen molar-refractivity contribution in [1.29, 1.82) is 0 Å². The molecule has 34 heavy (non-hydrogen) atoms. The van der Waals surface area contributed by atoms with Gasteiger partial charge in [0.05, 0.1) is 36.8 Å². The number of carbonyl (C=O) groups is 1. The largest absolute Gasteiger partial charge is 0.497 e. The van der Waals surface area contributed by atoms with Crippen LogP contribution in [0.2, 0.25) is 0 Å². The zero-order valence-corrected chi connectivity index (χ0v) is 20.2. The Hall–Kier alpha value is -2.66. The van der Waals surface area contributed by atoms with Gasteiger partial charge in [-0.25, -0.2) is 13.6 Å². The summed E-state index contributed by atoms with van der Waals surface area (Å²) in [5.41, 5.74) is 2.06. The van der Waals surface area contributed by atoms with Gasteiger partial charge in [0.15, 0.2) is 0 Å². The summed E-state index contributed by atoms with van der Waals surface area (Å²) >= 11 is 0. The van der Waals surface area contributed by atoms with Crippen molar-refractivity contribution in [1.82, 2.24) is 10.2 Å². The van der Waals surface area contributed by atoms with Crippen LogP contribution in [0.1, 0.15) is 34.8 Å². The van der Waals surface area contributed by atoms with Crippen molar-refractivity contribution in [3.8, 4) is 5.75 Å². The lowest BCUT2D eigenvalue weighted by atomic mass is 10.0. The number of hydrogen-bond donors (Lipinski definition) is 2. The van der Waals surface area contributed by atoms with Crippen LogP contribution in [0.5, 0.6) is 5.75 Å². The molecule has 2 heterocycles. The summed E-state index contributed by atoms with van der Waals surface area (Å²) in [6.45, 7) is 4.67. The van der Waals surface area contributed by atoms with Crippen LogP contribution in [-0.2, 0) is 14.8 Å². The summed E-state index contributed by atoms with van der Waals surface area (Å²) < 4.78 is 34.6. The quantitative estimate of drug-likeness (QED) is 0.582. The van der Waals surface area contributed by atoms with Crippen LogP contribution >= 0.6 is 0 Å². The fourth-order valence-corrected chi connectivity index (χ4v) is 5.12. The lowest BCUT2D eigenvalue weighted by Gasteiger charge is -2.31. The van der Waals surface area contributed by atoms with E-state index in [2.05, 4.69) is 10.2 Å². The number of benzene rings is 2. The first-order chi connectivity index (χ1) is 16.4. The molecule has 0 aliphatic carbocycles. The monoisotopic (exact) mass is 488 g/mol. The Balaban J connectivity index is 1.59. The van der Waals surface area contributed by atoms with Crippen LogP contribution < -0.4 is 20.1 Å². The third-order valence-corrected chi connectivity index (χ3v) is 7.34. The third-order valence-electron chi connectivity index (χ3n) is 6.43. The summed E-state index contributed by atoms with van der Waals surface area (Å²) in [5.74, 6) is 0.451. The number of nitrogens with two attached hydrogens (primary N) is 1. The molecule has 2 aliphatic heterocycles. The van der Waals surface area contributed by atoms with Gasteiger partial charge in [-0.2, -0.15) is 0 Å². The van der Waals surface area contributed by atoms with Crippen molar-refractivity contribution in [2.45, 2.75) is 23.8 Å². The number of amides is 1. The average molecular weight is 489 g/mol. The lowest BCUT2D eigenvalue weighted by molar-refractivity contribution is 0.0936. The maximum Gasteiger partial charge on any atom is 0.253 e. The van der Waals surface area contributed by atoms with Crippen LogP contribution in [-0.4, -0.2) is 72.3 Å². The molecular weight excluding hydrogens is 456 g/mol. The van der Waals surface area contributed by atoms with Crippen molar-refractivity contribution in [2.75, 3.05) is 57.9 Å². The van der Waals surface area contributed by atoms with Crippen molar-refractivity contribution in [3.63, 3.8) is 0 Å². The molecule has 10 heteroatoms. The van der Waals surface area contributed by atoms with Gasteiger partial charge in [-0.3, -0.25) is 9.69 Å². The van der Waals surface area contributed by atoms with Crippen LogP contribution in [0, 0.1) is 0 Å². The molecule has 0 spiro atoms. The number of sulfonamides is 1. The number of carbonyl (C=O) groups excluding carboxylic acids is 1. The van der Waals surface area contributed by atoms with Gasteiger partial charge < -0.3 is 19.7 Å². The fourth-order valence-electron chi connectivity index (χ4n) is 4.58. The van der Waals surface area contributed by atoms with Crippen molar-refractivity contribution < 1.29 is 22.7 Å². The molecule has 0 saturated carbocycles.